The number of β-amino-alcohol motifs (C(OH)–C–C–N with tert-alkyl or cyclic N) is 1. The van der Waals surface area contributed by atoms with Gasteiger partial charge in [0.05, 0.1) is 29.8 Å². The van der Waals surface area contributed by atoms with Gasteiger partial charge in [0.15, 0.2) is 11.5 Å². The minimum absolute atomic E-state index is 0.573. The topological polar surface area (TPSA) is 109 Å². The summed E-state index contributed by atoms with van der Waals surface area (Å²) in [4.78, 5) is 16.0. The maximum atomic E-state index is 10.6. The van der Waals surface area contributed by atoms with Crippen molar-refractivity contribution < 1.29 is 14.6 Å². The Morgan fingerprint density at radius 2 is 2.17 bits per heavy atom. The van der Waals surface area contributed by atoms with Crippen molar-refractivity contribution in [1.82, 2.24) is 19.4 Å². The number of benzene rings is 1. The average molecular weight is 488 g/mol. The van der Waals surface area contributed by atoms with E-state index in [0.717, 1.165) is 60.0 Å². The van der Waals surface area contributed by atoms with Gasteiger partial charge in [-0.1, -0.05) is 0 Å². The second-order valence-electron chi connectivity index (χ2n) is 9.52. The first-order chi connectivity index (χ1) is 17.5. The molecule has 1 saturated heterocycles. The van der Waals surface area contributed by atoms with Crippen molar-refractivity contribution >= 4 is 28.5 Å². The lowest BCUT2D eigenvalue weighted by Gasteiger charge is -2.38. The third-order valence-electron chi connectivity index (χ3n) is 6.64. The number of anilines is 4. The minimum Gasteiger partial charge on any atom is -0.495 e. The number of aromatic nitrogens is 4. The van der Waals surface area contributed by atoms with Crippen molar-refractivity contribution in [3.63, 3.8) is 0 Å². The monoisotopic (exact) mass is 487 g/mol. The van der Waals surface area contributed by atoms with E-state index in [1.165, 1.54) is 0 Å². The molecule has 0 radical (unpaired) electrons. The van der Waals surface area contributed by atoms with Gasteiger partial charge in [0, 0.05) is 61.7 Å². The fourth-order valence-corrected chi connectivity index (χ4v) is 4.90. The third-order valence-corrected chi connectivity index (χ3v) is 6.64. The number of rotatable bonds is 5. The van der Waals surface area contributed by atoms with Gasteiger partial charge in [-0.2, -0.15) is 0 Å². The van der Waals surface area contributed by atoms with E-state index in [9.17, 15) is 5.11 Å². The maximum Gasteiger partial charge on any atom is 0.237 e. The molecule has 6 rings (SSSR count). The van der Waals surface area contributed by atoms with E-state index in [-0.39, 0.29) is 0 Å². The molecular weight excluding hydrogens is 458 g/mol. The molecule has 0 spiro atoms. The first-order valence-electron chi connectivity index (χ1n) is 12.1. The summed E-state index contributed by atoms with van der Waals surface area (Å²) in [7, 11) is 1.66. The number of pyridine rings is 1. The standard InChI is InChI=1S/C26H29N7O3/c1-26(34)6-3-9-33(16-26)21-5-4-18(13-22(21)35-2)30-23-24-28-7-10-32(24)15-20(31-23)17-12-19-25(29-14-17)36-11-8-27-19/h4-5,7,10,12-15,27,34H,3,6,8-9,11,16H2,1-2H3,(H,30,31). The molecule has 10 heteroatoms. The lowest BCUT2D eigenvalue weighted by atomic mass is 9.94. The van der Waals surface area contributed by atoms with Gasteiger partial charge in [-0.25, -0.2) is 15.0 Å². The Morgan fingerprint density at radius 3 is 3.03 bits per heavy atom. The first-order valence-corrected chi connectivity index (χ1v) is 12.1. The number of hydrogen-bond donors (Lipinski definition) is 3. The molecule has 1 aromatic carbocycles. The highest BCUT2D eigenvalue weighted by molar-refractivity contribution is 5.77. The van der Waals surface area contributed by atoms with E-state index in [0.29, 0.717) is 30.5 Å². The summed E-state index contributed by atoms with van der Waals surface area (Å²) in [5.41, 5.74) is 4.28. The van der Waals surface area contributed by atoms with Crippen LogP contribution in [0.15, 0.2) is 49.1 Å². The molecule has 186 valence electrons. The summed E-state index contributed by atoms with van der Waals surface area (Å²) >= 11 is 0. The van der Waals surface area contributed by atoms with E-state index in [2.05, 4.69) is 25.5 Å². The molecule has 0 saturated carbocycles. The number of imidazole rings is 1. The summed E-state index contributed by atoms with van der Waals surface area (Å²) < 4.78 is 13.3. The number of fused-ring (bicyclic) bond motifs is 2. The molecule has 5 heterocycles. The summed E-state index contributed by atoms with van der Waals surface area (Å²) in [6, 6.07) is 7.97. The maximum absolute atomic E-state index is 10.6. The first kappa shape index (κ1) is 22.4. The van der Waals surface area contributed by atoms with Crippen LogP contribution in [0, 0.1) is 0 Å². The molecule has 2 aliphatic heterocycles. The fourth-order valence-electron chi connectivity index (χ4n) is 4.90. The molecule has 3 N–H and O–H groups in total. The number of methoxy groups -OCH3 is 1. The molecule has 0 amide bonds. The van der Waals surface area contributed by atoms with Gasteiger partial charge in [-0.05, 0) is 38.0 Å². The van der Waals surface area contributed by atoms with Crippen molar-refractivity contribution in [2.75, 3.05) is 48.9 Å². The van der Waals surface area contributed by atoms with Crippen LogP contribution in [0.4, 0.5) is 22.9 Å². The van der Waals surface area contributed by atoms with Crippen LogP contribution in [0.1, 0.15) is 19.8 Å². The average Bonchev–Trinajstić information content (AvgIpc) is 3.37. The zero-order valence-electron chi connectivity index (χ0n) is 20.4. The highest BCUT2D eigenvalue weighted by Gasteiger charge is 2.29. The molecule has 10 nitrogen and oxygen atoms in total. The van der Waals surface area contributed by atoms with Crippen LogP contribution < -0.4 is 25.0 Å². The Hall–Kier alpha value is -4.05. The normalized spacial score (nSPS) is 19.4. The van der Waals surface area contributed by atoms with Crippen molar-refractivity contribution in [2.24, 2.45) is 0 Å². The van der Waals surface area contributed by atoms with E-state index in [1.54, 1.807) is 19.5 Å². The quantitative estimate of drug-likeness (QED) is 0.388. The number of aliphatic hydroxyl groups is 1. The van der Waals surface area contributed by atoms with Crippen molar-refractivity contribution in [3.8, 4) is 22.9 Å². The smallest absolute Gasteiger partial charge is 0.237 e. The summed E-state index contributed by atoms with van der Waals surface area (Å²) in [5.74, 6) is 1.96. The van der Waals surface area contributed by atoms with Crippen LogP contribution in [-0.2, 0) is 0 Å². The summed E-state index contributed by atoms with van der Waals surface area (Å²) in [6.07, 6.45) is 9.09. The molecule has 36 heavy (non-hydrogen) atoms. The van der Waals surface area contributed by atoms with Crippen LogP contribution in [-0.4, -0.2) is 63.4 Å². The van der Waals surface area contributed by atoms with Crippen LogP contribution in [0.5, 0.6) is 11.6 Å². The van der Waals surface area contributed by atoms with Gasteiger partial charge in [-0.15, -0.1) is 0 Å². The van der Waals surface area contributed by atoms with Crippen molar-refractivity contribution in [1.29, 1.82) is 0 Å². The summed E-state index contributed by atoms with van der Waals surface area (Å²) in [6.45, 7) is 4.68. The fraction of sp³-hybridized carbons (Fsp3) is 0.346. The molecule has 3 aromatic heterocycles. The highest BCUT2D eigenvalue weighted by Crippen LogP contribution is 2.36. The van der Waals surface area contributed by atoms with E-state index < -0.39 is 5.60 Å². The van der Waals surface area contributed by atoms with Gasteiger partial charge in [0.1, 0.15) is 12.4 Å². The lowest BCUT2D eigenvalue weighted by molar-refractivity contribution is 0.0448. The Morgan fingerprint density at radius 1 is 1.25 bits per heavy atom. The molecule has 0 bridgehead atoms. The third kappa shape index (κ3) is 4.24. The highest BCUT2D eigenvalue weighted by atomic mass is 16.5. The Balaban J connectivity index is 1.33. The Bertz CT molecular complexity index is 1420. The minimum atomic E-state index is -0.704. The zero-order valence-corrected chi connectivity index (χ0v) is 20.4. The van der Waals surface area contributed by atoms with Gasteiger partial charge in [-0.3, -0.25) is 0 Å². The number of piperidine rings is 1. The lowest BCUT2D eigenvalue weighted by Crippen LogP contribution is -2.46. The Kier molecular flexibility index (Phi) is 5.52. The zero-order chi connectivity index (χ0) is 24.7. The van der Waals surface area contributed by atoms with Crippen LogP contribution in [0.25, 0.3) is 16.9 Å². The molecule has 1 fully saturated rings. The Labute approximate surface area is 208 Å². The van der Waals surface area contributed by atoms with Gasteiger partial charge in [0.25, 0.3) is 0 Å². The van der Waals surface area contributed by atoms with Crippen LogP contribution in [0.2, 0.25) is 0 Å². The number of nitrogens with one attached hydrogen (secondary N) is 2. The summed E-state index contributed by atoms with van der Waals surface area (Å²) in [5, 5.41) is 17.3. The SMILES string of the molecule is COc1cc(Nc2nc(-c3cnc4c(c3)NCCO4)cn3ccnc23)ccc1N1CCCC(C)(O)C1. The van der Waals surface area contributed by atoms with Gasteiger partial charge in [0.2, 0.25) is 5.88 Å². The molecule has 1 atom stereocenters. The van der Waals surface area contributed by atoms with Gasteiger partial charge >= 0.3 is 0 Å². The molecule has 4 aromatic rings. The van der Waals surface area contributed by atoms with Crippen LogP contribution in [0.3, 0.4) is 0 Å². The van der Waals surface area contributed by atoms with E-state index in [4.69, 9.17) is 14.5 Å². The second-order valence-corrected chi connectivity index (χ2v) is 9.52. The predicted octanol–water partition coefficient (Wildman–Crippen LogP) is 3.70. The van der Waals surface area contributed by atoms with Crippen molar-refractivity contribution in [2.45, 2.75) is 25.4 Å². The second kappa shape index (κ2) is 8.87. The number of nitrogens with zero attached hydrogens (tertiary/aromatic N) is 5. The molecule has 0 aliphatic carbocycles. The largest absolute Gasteiger partial charge is 0.495 e. The van der Waals surface area contributed by atoms with Gasteiger partial charge < -0.3 is 34.5 Å². The molecular formula is C26H29N7O3. The van der Waals surface area contributed by atoms with Crippen LogP contribution >= 0.6 is 0 Å². The number of ether oxygens (including phenoxy) is 2. The van der Waals surface area contributed by atoms with E-state index >= 15 is 0 Å². The molecule has 1 unspecified atom stereocenters. The predicted molar refractivity (Wildman–Crippen MR) is 139 cm³/mol. The molecule has 2 aliphatic rings. The van der Waals surface area contributed by atoms with E-state index in [1.807, 2.05) is 48.0 Å². The van der Waals surface area contributed by atoms with Crippen molar-refractivity contribution in [3.05, 3.63) is 49.1 Å². The number of hydrogen-bond acceptors (Lipinski definition) is 9.